The minimum Gasteiger partial charge on any atom is -0.313 e. The average Bonchev–Trinajstić information content (AvgIpc) is 2.48. The highest BCUT2D eigenvalue weighted by Gasteiger charge is 2.09. The molecule has 0 fully saturated rings. The summed E-state index contributed by atoms with van der Waals surface area (Å²) in [6.07, 6.45) is 3.54. The minimum absolute atomic E-state index is 0.456. The fourth-order valence-corrected chi connectivity index (χ4v) is 2.61. The molecule has 106 valence electrons. The van der Waals surface area contributed by atoms with Gasteiger partial charge in [-0.25, -0.2) is 0 Å². The van der Waals surface area contributed by atoms with Crippen LogP contribution >= 0.6 is 0 Å². The Hall–Kier alpha value is -1.60. The van der Waals surface area contributed by atoms with E-state index in [-0.39, 0.29) is 0 Å². The van der Waals surface area contributed by atoms with E-state index in [1.807, 2.05) is 0 Å². The molecule has 20 heavy (non-hydrogen) atoms. The summed E-state index contributed by atoms with van der Waals surface area (Å²) >= 11 is 0. The van der Waals surface area contributed by atoms with Crippen LogP contribution in [0.2, 0.25) is 0 Å². The van der Waals surface area contributed by atoms with Crippen LogP contribution in [0.5, 0.6) is 0 Å². The lowest BCUT2D eigenvalue weighted by atomic mass is 9.96. The molecule has 1 atom stereocenters. The summed E-state index contributed by atoms with van der Waals surface area (Å²) in [5, 5.41) is 3.45. The van der Waals surface area contributed by atoms with Crippen molar-refractivity contribution in [3.8, 4) is 0 Å². The van der Waals surface area contributed by atoms with Gasteiger partial charge in [-0.05, 0) is 62.4 Å². The number of rotatable bonds is 6. The fraction of sp³-hybridized carbons (Fsp3) is 0.368. The maximum atomic E-state index is 3.45. The molecule has 2 aromatic carbocycles. The van der Waals surface area contributed by atoms with E-state index in [0.29, 0.717) is 6.04 Å². The van der Waals surface area contributed by atoms with Crippen LogP contribution in [-0.2, 0) is 6.42 Å². The molecule has 0 aromatic heterocycles. The second-order valence-electron chi connectivity index (χ2n) is 5.56. The molecule has 0 amide bonds. The topological polar surface area (TPSA) is 12.0 Å². The zero-order valence-corrected chi connectivity index (χ0v) is 12.8. The molecule has 1 N–H and O–H groups in total. The summed E-state index contributed by atoms with van der Waals surface area (Å²) in [4.78, 5) is 0. The maximum absolute atomic E-state index is 3.45. The highest BCUT2D eigenvalue weighted by atomic mass is 14.9. The number of hydrogen-bond donors (Lipinski definition) is 1. The lowest BCUT2D eigenvalue weighted by molar-refractivity contribution is 0.527. The van der Waals surface area contributed by atoms with Gasteiger partial charge in [0.1, 0.15) is 0 Å². The van der Waals surface area contributed by atoms with Gasteiger partial charge in [0.25, 0.3) is 0 Å². The Kier molecular flexibility index (Phi) is 5.37. The van der Waals surface area contributed by atoms with Crippen molar-refractivity contribution in [3.05, 3.63) is 70.8 Å². The average molecular weight is 267 g/mol. The van der Waals surface area contributed by atoms with Crippen LogP contribution in [0.4, 0.5) is 0 Å². The molecule has 0 bridgehead atoms. The van der Waals surface area contributed by atoms with Gasteiger partial charge >= 0.3 is 0 Å². The summed E-state index contributed by atoms with van der Waals surface area (Å²) in [5.41, 5.74) is 5.59. The predicted octanol–water partition coefficient (Wildman–Crippen LogP) is 4.59. The molecule has 0 heterocycles. The molecule has 0 aliphatic carbocycles. The van der Waals surface area contributed by atoms with E-state index in [1.165, 1.54) is 35.1 Å². The van der Waals surface area contributed by atoms with Gasteiger partial charge in [0.2, 0.25) is 0 Å². The summed E-state index contributed by atoms with van der Waals surface area (Å²) < 4.78 is 0. The molecule has 1 nitrogen and oxygen atoms in total. The first-order valence-corrected chi connectivity index (χ1v) is 7.49. The second kappa shape index (κ2) is 7.25. The van der Waals surface area contributed by atoms with Crippen molar-refractivity contribution in [3.63, 3.8) is 0 Å². The first-order chi connectivity index (χ1) is 9.70. The molecule has 1 heteroatoms. The number of benzene rings is 2. The zero-order valence-electron chi connectivity index (χ0n) is 12.8. The van der Waals surface area contributed by atoms with E-state index in [1.54, 1.807) is 0 Å². The van der Waals surface area contributed by atoms with Crippen molar-refractivity contribution in [2.24, 2.45) is 0 Å². The molecule has 0 spiro atoms. The van der Waals surface area contributed by atoms with E-state index in [0.717, 1.165) is 6.42 Å². The Bertz CT molecular complexity index is 531. The number of aryl methyl sites for hydroxylation is 3. The molecule has 2 aromatic rings. The molecule has 0 aliphatic rings. The molecule has 1 unspecified atom stereocenters. The fourth-order valence-electron chi connectivity index (χ4n) is 2.61. The van der Waals surface area contributed by atoms with E-state index in [4.69, 9.17) is 0 Å². The largest absolute Gasteiger partial charge is 0.313 e. The smallest absolute Gasteiger partial charge is 0.0317 e. The monoisotopic (exact) mass is 267 g/mol. The van der Waals surface area contributed by atoms with Gasteiger partial charge in [-0.2, -0.15) is 0 Å². The van der Waals surface area contributed by atoms with Crippen LogP contribution < -0.4 is 5.32 Å². The summed E-state index contributed by atoms with van der Waals surface area (Å²) in [7, 11) is 2.06. The Morgan fingerprint density at radius 2 is 1.70 bits per heavy atom. The summed E-state index contributed by atoms with van der Waals surface area (Å²) in [6.45, 7) is 4.36. The van der Waals surface area contributed by atoms with Crippen molar-refractivity contribution in [2.75, 3.05) is 7.05 Å². The minimum atomic E-state index is 0.456. The van der Waals surface area contributed by atoms with Crippen molar-refractivity contribution in [1.29, 1.82) is 0 Å². The van der Waals surface area contributed by atoms with Crippen LogP contribution in [0.1, 0.15) is 41.1 Å². The van der Waals surface area contributed by atoms with Gasteiger partial charge in [-0.3, -0.25) is 0 Å². The van der Waals surface area contributed by atoms with Crippen LogP contribution in [-0.4, -0.2) is 7.05 Å². The van der Waals surface area contributed by atoms with Gasteiger partial charge in [0.15, 0.2) is 0 Å². The Labute approximate surface area is 123 Å². The van der Waals surface area contributed by atoms with E-state index in [9.17, 15) is 0 Å². The van der Waals surface area contributed by atoms with Crippen molar-refractivity contribution < 1.29 is 0 Å². The van der Waals surface area contributed by atoms with Crippen molar-refractivity contribution in [1.82, 2.24) is 5.32 Å². The predicted molar refractivity (Wildman–Crippen MR) is 87.1 cm³/mol. The van der Waals surface area contributed by atoms with Crippen molar-refractivity contribution in [2.45, 2.75) is 39.2 Å². The van der Waals surface area contributed by atoms with E-state index in [2.05, 4.69) is 74.7 Å². The number of nitrogens with one attached hydrogen (secondary N) is 1. The molecule has 0 radical (unpaired) electrons. The van der Waals surface area contributed by atoms with Gasteiger partial charge in [0.05, 0.1) is 0 Å². The number of hydrogen-bond acceptors (Lipinski definition) is 1. The van der Waals surface area contributed by atoms with E-state index < -0.39 is 0 Å². The third-order valence-electron chi connectivity index (χ3n) is 4.08. The lowest BCUT2D eigenvalue weighted by Crippen LogP contribution is -2.16. The summed E-state index contributed by atoms with van der Waals surface area (Å²) in [6, 6.07) is 18.0. The van der Waals surface area contributed by atoms with Gasteiger partial charge in [-0.1, -0.05) is 48.5 Å². The molecular weight excluding hydrogens is 242 g/mol. The highest BCUT2D eigenvalue weighted by Crippen LogP contribution is 2.21. The molecular formula is C19H25N. The quantitative estimate of drug-likeness (QED) is 0.807. The van der Waals surface area contributed by atoms with Gasteiger partial charge in [-0.15, -0.1) is 0 Å². The molecule has 0 saturated carbocycles. The van der Waals surface area contributed by atoms with Gasteiger partial charge < -0.3 is 5.32 Å². The van der Waals surface area contributed by atoms with Crippen LogP contribution in [0.15, 0.2) is 48.5 Å². The SMILES string of the molecule is CNC(CCCc1ccccc1)c1ccc(C)c(C)c1. The molecule has 0 saturated heterocycles. The Morgan fingerprint density at radius 3 is 2.35 bits per heavy atom. The van der Waals surface area contributed by atoms with Crippen LogP contribution in [0.25, 0.3) is 0 Å². The third kappa shape index (κ3) is 3.94. The third-order valence-corrected chi connectivity index (χ3v) is 4.08. The first kappa shape index (κ1) is 14.8. The summed E-state index contributed by atoms with van der Waals surface area (Å²) in [5.74, 6) is 0. The van der Waals surface area contributed by atoms with Gasteiger partial charge in [0, 0.05) is 6.04 Å². The second-order valence-corrected chi connectivity index (χ2v) is 5.56. The maximum Gasteiger partial charge on any atom is 0.0317 e. The highest BCUT2D eigenvalue weighted by molar-refractivity contribution is 5.31. The normalized spacial score (nSPS) is 12.3. The van der Waals surface area contributed by atoms with E-state index >= 15 is 0 Å². The Balaban J connectivity index is 1.93. The first-order valence-electron chi connectivity index (χ1n) is 7.49. The van der Waals surface area contributed by atoms with Crippen LogP contribution in [0, 0.1) is 13.8 Å². The standard InChI is InChI=1S/C19H25N/c1-15-12-13-18(14-16(15)2)19(20-3)11-7-10-17-8-5-4-6-9-17/h4-6,8-9,12-14,19-20H,7,10-11H2,1-3H3. The molecule has 0 aliphatic heterocycles. The molecule has 2 rings (SSSR count). The lowest BCUT2D eigenvalue weighted by Gasteiger charge is -2.18. The Morgan fingerprint density at radius 1 is 0.950 bits per heavy atom. The zero-order chi connectivity index (χ0) is 14.4. The van der Waals surface area contributed by atoms with Crippen molar-refractivity contribution >= 4 is 0 Å². The van der Waals surface area contributed by atoms with Crippen LogP contribution in [0.3, 0.4) is 0 Å².